The quantitative estimate of drug-likeness (QED) is 0.867. The van der Waals surface area contributed by atoms with Crippen LogP contribution in [0.15, 0.2) is 34.9 Å². The van der Waals surface area contributed by atoms with Crippen LogP contribution in [0.25, 0.3) is 11.5 Å². The van der Waals surface area contributed by atoms with E-state index in [1.54, 1.807) is 6.26 Å². The molecule has 116 valence electrons. The minimum Gasteiger partial charge on any atom is -0.463 e. The van der Waals surface area contributed by atoms with E-state index in [-0.39, 0.29) is 5.91 Å². The molecule has 0 aliphatic carbocycles. The first-order valence-electron chi connectivity index (χ1n) is 7.52. The zero-order chi connectivity index (χ0) is 15.5. The van der Waals surface area contributed by atoms with Crippen molar-refractivity contribution < 1.29 is 9.21 Å². The molecule has 1 amide bonds. The van der Waals surface area contributed by atoms with Crippen LogP contribution >= 0.6 is 11.8 Å². The van der Waals surface area contributed by atoms with Gasteiger partial charge in [-0.1, -0.05) is 0 Å². The minimum absolute atomic E-state index is 0.0931. The molecule has 22 heavy (non-hydrogen) atoms. The fourth-order valence-electron chi connectivity index (χ4n) is 2.81. The molecule has 1 aliphatic heterocycles. The lowest BCUT2D eigenvalue weighted by Gasteiger charge is -2.31. The Labute approximate surface area is 134 Å². The lowest BCUT2D eigenvalue weighted by Crippen LogP contribution is -2.39. The molecule has 0 radical (unpaired) electrons. The van der Waals surface area contributed by atoms with Crippen LogP contribution in [-0.4, -0.2) is 40.4 Å². The highest BCUT2D eigenvalue weighted by atomic mass is 32.2. The summed E-state index contributed by atoms with van der Waals surface area (Å²) in [7, 11) is 0. The van der Waals surface area contributed by atoms with Gasteiger partial charge < -0.3 is 9.32 Å². The molecule has 0 saturated carbocycles. The molecule has 0 aromatic carbocycles. The summed E-state index contributed by atoms with van der Waals surface area (Å²) in [5.74, 6) is 0.818. The number of likely N-dealkylation sites (tertiary alicyclic amines) is 1. The van der Waals surface area contributed by atoms with Gasteiger partial charge in [-0.15, -0.1) is 0 Å². The Morgan fingerprint density at radius 1 is 1.32 bits per heavy atom. The molecule has 1 fully saturated rings. The summed E-state index contributed by atoms with van der Waals surface area (Å²) in [4.78, 5) is 19.1. The van der Waals surface area contributed by atoms with Crippen molar-refractivity contribution >= 4 is 17.7 Å². The van der Waals surface area contributed by atoms with E-state index in [4.69, 9.17) is 4.42 Å². The number of aryl methyl sites for hydroxylation is 1. The molecule has 4 nitrogen and oxygen atoms in total. The molecule has 1 saturated heterocycles. The summed E-state index contributed by atoms with van der Waals surface area (Å²) in [6, 6.07) is 7.43. The van der Waals surface area contributed by atoms with Gasteiger partial charge in [0.15, 0.2) is 5.76 Å². The Balaban J connectivity index is 1.76. The molecule has 0 atom stereocenters. The minimum atomic E-state index is 0.0931. The van der Waals surface area contributed by atoms with Crippen LogP contribution in [0.5, 0.6) is 0 Å². The van der Waals surface area contributed by atoms with Crippen LogP contribution in [-0.2, 0) is 0 Å². The van der Waals surface area contributed by atoms with Crippen molar-refractivity contribution in [1.82, 2.24) is 9.88 Å². The van der Waals surface area contributed by atoms with Crippen molar-refractivity contribution in [3.63, 3.8) is 0 Å². The molecular weight excluding hydrogens is 296 g/mol. The second-order valence-electron chi connectivity index (χ2n) is 5.53. The van der Waals surface area contributed by atoms with Crippen molar-refractivity contribution in [3.8, 4) is 11.5 Å². The summed E-state index contributed by atoms with van der Waals surface area (Å²) in [5.41, 5.74) is 2.21. The summed E-state index contributed by atoms with van der Waals surface area (Å²) < 4.78 is 5.36. The lowest BCUT2D eigenvalue weighted by molar-refractivity contribution is 0.0726. The molecule has 3 rings (SSSR count). The maximum atomic E-state index is 12.7. The SMILES string of the molecule is CSC1CCN(C(=O)c2ccc(-c3ccco3)nc2C)CC1. The Kier molecular flexibility index (Phi) is 4.52. The highest BCUT2D eigenvalue weighted by molar-refractivity contribution is 7.99. The maximum Gasteiger partial charge on any atom is 0.255 e. The number of hydrogen-bond acceptors (Lipinski definition) is 4. The first-order chi connectivity index (χ1) is 10.7. The van der Waals surface area contributed by atoms with Gasteiger partial charge in [-0.3, -0.25) is 4.79 Å². The number of carbonyl (C=O) groups is 1. The van der Waals surface area contributed by atoms with Crippen LogP contribution < -0.4 is 0 Å². The lowest BCUT2D eigenvalue weighted by atomic mass is 10.1. The van der Waals surface area contributed by atoms with E-state index in [0.29, 0.717) is 10.8 Å². The molecule has 0 N–H and O–H groups in total. The molecule has 3 heterocycles. The van der Waals surface area contributed by atoms with E-state index in [9.17, 15) is 4.79 Å². The van der Waals surface area contributed by atoms with Crippen LogP contribution in [0, 0.1) is 6.92 Å². The zero-order valence-corrected chi connectivity index (χ0v) is 13.7. The van der Waals surface area contributed by atoms with E-state index < -0.39 is 0 Å². The van der Waals surface area contributed by atoms with Gasteiger partial charge in [-0.2, -0.15) is 11.8 Å². The van der Waals surface area contributed by atoms with Crippen LogP contribution in [0.3, 0.4) is 0 Å². The molecule has 5 heteroatoms. The molecule has 1 aliphatic rings. The summed E-state index contributed by atoms with van der Waals surface area (Å²) >= 11 is 1.90. The van der Waals surface area contributed by atoms with E-state index in [1.807, 2.05) is 47.9 Å². The largest absolute Gasteiger partial charge is 0.463 e. The third-order valence-corrected chi connectivity index (χ3v) is 5.29. The van der Waals surface area contributed by atoms with Crippen molar-refractivity contribution in [2.45, 2.75) is 25.0 Å². The highest BCUT2D eigenvalue weighted by Gasteiger charge is 2.24. The number of hydrogen-bond donors (Lipinski definition) is 0. The predicted molar refractivity (Wildman–Crippen MR) is 89.1 cm³/mol. The number of aromatic nitrogens is 1. The Morgan fingerprint density at radius 3 is 2.68 bits per heavy atom. The molecule has 2 aromatic rings. The van der Waals surface area contributed by atoms with Gasteiger partial charge in [0.05, 0.1) is 17.5 Å². The Hall–Kier alpha value is -1.75. The molecule has 0 unspecified atom stereocenters. The molecule has 2 aromatic heterocycles. The smallest absolute Gasteiger partial charge is 0.255 e. The highest BCUT2D eigenvalue weighted by Crippen LogP contribution is 2.24. The fourth-order valence-corrected chi connectivity index (χ4v) is 3.50. The molecule has 0 bridgehead atoms. The van der Waals surface area contributed by atoms with Gasteiger partial charge >= 0.3 is 0 Å². The third kappa shape index (κ3) is 3.04. The van der Waals surface area contributed by atoms with Crippen molar-refractivity contribution in [1.29, 1.82) is 0 Å². The fraction of sp³-hybridized carbons (Fsp3) is 0.412. The average molecular weight is 316 g/mol. The van der Waals surface area contributed by atoms with E-state index in [1.165, 1.54) is 0 Å². The van der Waals surface area contributed by atoms with Crippen molar-refractivity contribution in [2.75, 3.05) is 19.3 Å². The van der Waals surface area contributed by atoms with Gasteiger partial charge in [-0.05, 0) is 50.3 Å². The summed E-state index contributed by atoms with van der Waals surface area (Å²) in [6.07, 6.45) is 5.92. The third-order valence-electron chi connectivity index (χ3n) is 4.15. The summed E-state index contributed by atoms with van der Waals surface area (Å²) in [6.45, 7) is 3.56. The second-order valence-corrected chi connectivity index (χ2v) is 6.67. The number of nitrogens with zero attached hydrogens (tertiary/aromatic N) is 2. The van der Waals surface area contributed by atoms with Crippen LogP contribution in [0.2, 0.25) is 0 Å². The van der Waals surface area contributed by atoms with Gasteiger partial charge in [0, 0.05) is 18.3 Å². The Bertz CT molecular complexity index is 647. The maximum absolute atomic E-state index is 12.7. The first-order valence-corrected chi connectivity index (χ1v) is 8.81. The standard InChI is InChI=1S/C17H20N2O2S/c1-12-14(5-6-15(18-12)16-4-3-11-21-16)17(20)19-9-7-13(22-2)8-10-19/h3-6,11,13H,7-10H2,1-2H3. The second kappa shape index (κ2) is 6.57. The van der Waals surface area contributed by atoms with E-state index >= 15 is 0 Å². The van der Waals surface area contributed by atoms with Gasteiger partial charge in [0.1, 0.15) is 5.69 Å². The number of amides is 1. The monoisotopic (exact) mass is 316 g/mol. The zero-order valence-electron chi connectivity index (χ0n) is 12.9. The number of furan rings is 1. The first kappa shape index (κ1) is 15.2. The van der Waals surface area contributed by atoms with Gasteiger partial charge in [0.2, 0.25) is 0 Å². The topological polar surface area (TPSA) is 46.3 Å². The number of carbonyl (C=O) groups excluding carboxylic acids is 1. The number of pyridine rings is 1. The molecular formula is C17H20N2O2S. The van der Waals surface area contributed by atoms with Crippen LogP contribution in [0.1, 0.15) is 28.9 Å². The van der Waals surface area contributed by atoms with Gasteiger partial charge in [0.25, 0.3) is 5.91 Å². The summed E-state index contributed by atoms with van der Waals surface area (Å²) in [5, 5.41) is 0.685. The van der Waals surface area contributed by atoms with Crippen molar-refractivity contribution in [2.24, 2.45) is 0 Å². The predicted octanol–water partition coefficient (Wildman–Crippen LogP) is 3.62. The van der Waals surface area contributed by atoms with Gasteiger partial charge in [-0.25, -0.2) is 4.98 Å². The Morgan fingerprint density at radius 2 is 2.09 bits per heavy atom. The molecule has 0 spiro atoms. The number of piperidine rings is 1. The van der Waals surface area contributed by atoms with E-state index in [0.717, 1.165) is 43.1 Å². The normalized spacial score (nSPS) is 16.0. The van der Waals surface area contributed by atoms with Crippen molar-refractivity contribution in [3.05, 3.63) is 41.8 Å². The number of rotatable bonds is 3. The van der Waals surface area contributed by atoms with Crippen LogP contribution in [0.4, 0.5) is 0 Å². The van der Waals surface area contributed by atoms with E-state index in [2.05, 4.69) is 11.2 Å². The number of thioether (sulfide) groups is 1. The average Bonchev–Trinajstić information content (AvgIpc) is 3.09.